The van der Waals surface area contributed by atoms with Crippen LogP contribution >= 0.6 is 0 Å². The highest BCUT2D eigenvalue weighted by atomic mass is 16.5. The van der Waals surface area contributed by atoms with Crippen LogP contribution in [0.1, 0.15) is 43.2 Å². The van der Waals surface area contributed by atoms with Crippen molar-refractivity contribution >= 4 is 5.71 Å². The fourth-order valence-electron chi connectivity index (χ4n) is 3.29. The Kier molecular flexibility index (Phi) is 5.94. The Morgan fingerprint density at radius 1 is 1.08 bits per heavy atom. The molecule has 0 radical (unpaired) electrons. The summed E-state index contributed by atoms with van der Waals surface area (Å²) < 4.78 is 11.6. The Morgan fingerprint density at radius 2 is 1.84 bits per heavy atom. The molecule has 1 aliphatic carbocycles. The summed E-state index contributed by atoms with van der Waals surface area (Å²) in [4.78, 5) is 0. The van der Waals surface area contributed by atoms with Gasteiger partial charge in [-0.15, -0.1) is 0 Å². The molecule has 2 aromatic carbocycles. The first-order valence-electron chi connectivity index (χ1n) is 8.90. The zero-order valence-corrected chi connectivity index (χ0v) is 14.6. The van der Waals surface area contributed by atoms with Crippen molar-refractivity contribution in [1.29, 1.82) is 0 Å². The van der Waals surface area contributed by atoms with Crippen molar-refractivity contribution in [1.82, 2.24) is 0 Å². The average Bonchev–Trinajstić information content (AvgIpc) is 3.16. The van der Waals surface area contributed by atoms with E-state index in [1.54, 1.807) is 7.11 Å². The quantitative estimate of drug-likeness (QED) is 0.447. The van der Waals surface area contributed by atoms with E-state index in [0.717, 1.165) is 36.3 Å². The molecule has 1 aliphatic rings. The first-order chi connectivity index (χ1) is 12.3. The van der Waals surface area contributed by atoms with Gasteiger partial charge in [-0.3, -0.25) is 0 Å². The number of benzene rings is 2. The summed E-state index contributed by atoms with van der Waals surface area (Å²) in [5.41, 5.74) is 2.74. The minimum atomic E-state index is 0.253. The molecule has 4 heteroatoms. The lowest BCUT2D eigenvalue weighted by molar-refractivity contribution is 0.201. The van der Waals surface area contributed by atoms with E-state index < -0.39 is 0 Å². The number of rotatable bonds is 7. The third-order valence-electron chi connectivity index (χ3n) is 4.71. The Balaban J connectivity index is 1.74. The number of hydrogen-bond acceptors (Lipinski definition) is 4. The van der Waals surface area contributed by atoms with Gasteiger partial charge in [-0.2, -0.15) is 0 Å². The van der Waals surface area contributed by atoms with Crippen LogP contribution in [-0.2, 0) is 6.42 Å². The van der Waals surface area contributed by atoms with Crippen molar-refractivity contribution in [2.45, 2.75) is 44.6 Å². The molecule has 0 unspecified atom stereocenters. The van der Waals surface area contributed by atoms with Crippen LogP contribution in [0.15, 0.2) is 53.7 Å². The molecule has 3 rings (SSSR count). The maximum Gasteiger partial charge on any atom is 0.162 e. The second kappa shape index (κ2) is 8.56. The molecule has 0 saturated heterocycles. The molecule has 2 aromatic rings. The second-order valence-electron chi connectivity index (χ2n) is 6.42. The first kappa shape index (κ1) is 17.3. The van der Waals surface area contributed by atoms with E-state index in [0.29, 0.717) is 12.1 Å². The average molecular weight is 339 g/mol. The Hall–Kier alpha value is -2.49. The smallest absolute Gasteiger partial charge is 0.162 e. The van der Waals surface area contributed by atoms with Crippen molar-refractivity contribution in [2.24, 2.45) is 5.16 Å². The van der Waals surface area contributed by atoms with Crippen molar-refractivity contribution in [2.75, 3.05) is 7.11 Å². The molecule has 0 bridgehead atoms. The molecule has 1 saturated carbocycles. The van der Waals surface area contributed by atoms with Crippen LogP contribution in [0, 0.1) is 0 Å². The van der Waals surface area contributed by atoms with Crippen molar-refractivity contribution in [3.05, 3.63) is 59.7 Å². The van der Waals surface area contributed by atoms with E-state index in [1.807, 2.05) is 36.4 Å². The van der Waals surface area contributed by atoms with E-state index in [4.69, 9.17) is 9.47 Å². The monoisotopic (exact) mass is 339 g/mol. The van der Waals surface area contributed by atoms with Gasteiger partial charge in [0.15, 0.2) is 11.5 Å². The highest BCUT2D eigenvalue weighted by Crippen LogP contribution is 2.33. The molecule has 1 fully saturated rings. The highest BCUT2D eigenvalue weighted by molar-refractivity contribution is 6.00. The lowest BCUT2D eigenvalue weighted by atomic mass is 10.0. The fraction of sp³-hybridized carbons (Fsp3) is 0.381. The van der Waals surface area contributed by atoms with Gasteiger partial charge in [0.2, 0.25) is 0 Å². The minimum absolute atomic E-state index is 0.253. The zero-order valence-electron chi connectivity index (χ0n) is 14.6. The summed E-state index contributed by atoms with van der Waals surface area (Å²) >= 11 is 0. The van der Waals surface area contributed by atoms with E-state index >= 15 is 0 Å². The maximum absolute atomic E-state index is 9.47. The lowest BCUT2D eigenvalue weighted by Crippen LogP contribution is -2.12. The molecule has 0 aromatic heterocycles. The van der Waals surface area contributed by atoms with Gasteiger partial charge in [0.05, 0.1) is 18.9 Å². The van der Waals surface area contributed by atoms with Crippen LogP contribution in [0.3, 0.4) is 0 Å². The standard InChI is InChI=1S/C21H25NO3/c1-24-20-14-12-17(15-21(20)25-18-9-5-6-10-18)19(22-23)13-11-16-7-3-2-4-8-16/h2-4,7-8,12,14-15,18,23H,5-6,9-11,13H2,1H3. The number of methoxy groups -OCH3 is 1. The summed E-state index contributed by atoms with van der Waals surface area (Å²) in [5, 5.41) is 13.0. The molecule has 0 atom stereocenters. The SMILES string of the molecule is COc1ccc(C(CCc2ccccc2)=NO)cc1OC1CCCC1. The van der Waals surface area contributed by atoms with Crippen LogP contribution in [0.25, 0.3) is 0 Å². The number of nitrogens with zero attached hydrogens (tertiary/aromatic N) is 1. The topological polar surface area (TPSA) is 51.0 Å². The summed E-state index contributed by atoms with van der Waals surface area (Å²) in [7, 11) is 1.65. The molecule has 0 amide bonds. The minimum Gasteiger partial charge on any atom is -0.493 e. The zero-order chi connectivity index (χ0) is 17.5. The number of ether oxygens (including phenoxy) is 2. The molecular formula is C21H25NO3. The molecular weight excluding hydrogens is 314 g/mol. The van der Waals surface area contributed by atoms with Crippen LogP contribution in [0.4, 0.5) is 0 Å². The summed E-state index contributed by atoms with van der Waals surface area (Å²) in [6.45, 7) is 0. The van der Waals surface area contributed by atoms with E-state index in [1.165, 1.54) is 18.4 Å². The van der Waals surface area contributed by atoms with Crippen LogP contribution in [-0.4, -0.2) is 24.1 Å². The summed E-state index contributed by atoms with van der Waals surface area (Å²) in [6, 6.07) is 15.9. The first-order valence-corrected chi connectivity index (χ1v) is 8.90. The molecule has 0 heterocycles. The van der Waals surface area contributed by atoms with Crippen LogP contribution in [0.5, 0.6) is 11.5 Å². The number of hydrogen-bond donors (Lipinski definition) is 1. The fourth-order valence-corrected chi connectivity index (χ4v) is 3.29. The Labute approximate surface area is 149 Å². The number of oxime groups is 1. The molecule has 1 N–H and O–H groups in total. The van der Waals surface area contributed by atoms with Gasteiger partial charge >= 0.3 is 0 Å². The van der Waals surface area contributed by atoms with Crippen molar-refractivity contribution < 1.29 is 14.7 Å². The molecule has 0 spiro atoms. The highest BCUT2D eigenvalue weighted by Gasteiger charge is 2.19. The van der Waals surface area contributed by atoms with E-state index in [-0.39, 0.29) is 6.10 Å². The third-order valence-corrected chi connectivity index (χ3v) is 4.71. The molecule has 25 heavy (non-hydrogen) atoms. The van der Waals surface area contributed by atoms with Gasteiger partial charge in [0, 0.05) is 5.56 Å². The normalized spacial score (nSPS) is 15.3. The van der Waals surface area contributed by atoms with Crippen molar-refractivity contribution in [3.8, 4) is 11.5 Å². The Morgan fingerprint density at radius 3 is 2.52 bits per heavy atom. The van der Waals surface area contributed by atoms with Gasteiger partial charge in [-0.1, -0.05) is 35.5 Å². The third kappa shape index (κ3) is 4.53. The van der Waals surface area contributed by atoms with Gasteiger partial charge in [0.25, 0.3) is 0 Å². The molecule has 132 valence electrons. The largest absolute Gasteiger partial charge is 0.493 e. The lowest BCUT2D eigenvalue weighted by Gasteiger charge is -2.17. The predicted molar refractivity (Wildman–Crippen MR) is 99.0 cm³/mol. The van der Waals surface area contributed by atoms with Crippen molar-refractivity contribution in [3.63, 3.8) is 0 Å². The number of aryl methyl sites for hydroxylation is 1. The van der Waals surface area contributed by atoms with E-state index in [2.05, 4.69) is 17.3 Å². The molecule has 4 nitrogen and oxygen atoms in total. The predicted octanol–water partition coefficient (Wildman–Crippen LogP) is 4.83. The van der Waals surface area contributed by atoms with Gasteiger partial charge in [-0.05, 0) is 62.3 Å². The van der Waals surface area contributed by atoms with Crippen LogP contribution in [0.2, 0.25) is 0 Å². The Bertz CT molecular complexity index is 706. The summed E-state index contributed by atoms with van der Waals surface area (Å²) in [5.74, 6) is 1.45. The molecule has 0 aliphatic heterocycles. The van der Waals surface area contributed by atoms with Gasteiger partial charge < -0.3 is 14.7 Å². The van der Waals surface area contributed by atoms with Gasteiger partial charge in [-0.25, -0.2) is 0 Å². The second-order valence-corrected chi connectivity index (χ2v) is 6.42. The van der Waals surface area contributed by atoms with Crippen LogP contribution < -0.4 is 9.47 Å². The van der Waals surface area contributed by atoms with E-state index in [9.17, 15) is 5.21 Å². The van der Waals surface area contributed by atoms with Gasteiger partial charge in [0.1, 0.15) is 0 Å². The maximum atomic E-state index is 9.47. The summed E-state index contributed by atoms with van der Waals surface area (Å²) in [6.07, 6.45) is 6.34.